The molecule has 0 fully saturated rings. The van der Waals surface area contributed by atoms with Gasteiger partial charge in [-0.15, -0.1) is 10.2 Å². The number of phenolic OH excluding ortho intramolecular Hbond substituents is 1. The molecule has 0 radical (unpaired) electrons. The van der Waals surface area contributed by atoms with Crippen LogP contribution in [0, 0.1) is 6.57 Å². The Morgan fingerprint density at radius 2 is 1.86 bits per heavy atom. The SMILES string of the molecule is [C-]#[N+]c1cnn(-c2ncccn2)c1N=Nc1c(O)c(C(=O)Nc2cccc(CO)c2)cc2ccccc12. The Morgan fingerprint density at radius 3 is 2.65 bits per heavy atom. The highest BCUT2D eigenvalue weighted by molar-refractivity contribution is 6.11. The van der Waals surface area contributed by atoms with E-state index in [2.05, 4.69) is 35.5 Å². The molecule has 11 nitrogen and oxygen atoms in total. The number of nitrogens with zero attached hydrogens (tertiary/aromatic N) is 7. The molecule has 2 heterocycles. The number of carbonyl (C=O) groups excluding carboxylic acids is 1. The third-order valence-electron chi connectivity index (χ3n) is 5.44. The molecule has 0 atom stereocenters. The molecular weight excluding hydrogens is 472 g/mol. The highest BCUT2D eigenvalue weighted by atomic mass is 16.3. The number of benzene rings is 3. The minimum Gasteiger partial charge on any atom is -0.505 e. The second-order valence-corrected chi connectivity index (χ2v) is 7.78. The first-order valence-corrected chi connectivity index (χ1v) is 11.0. The summed E-state index contributed by atoms with van der Waals surface area (Å²) in [5.74, 6) is -0.692. The molecule has 180 valence electrons. The van der Waals surface area contributed by atoms with Gasteiger partial charge in [0.2, 0.25) is 0 Å². The van der Waals surface area contributed by atoms with Crippen molar-refractivity contribution in [2.45, 2.75) is 6.61 Å². The first-order valence-electron chi connectivity index (χ1n) is 11.0. The number of hydrogen-bond donors (Lipinski definition) is 3. The number of amides is 1. The van der Waals surface area contributed by atoms with Gasteiger partial charge in [0.05, 0.1) is 24.9 Å². The Morgan fingerprint density at radius 1 is 1.05 bits per heavy atom. The molecule has 37 heavy (non-hydrogen) atoms. The maximum absolute atomic E-state index is 13.1. The van der Waals surface area contributed by atoms with Gasteiger partial charge in [-0.05, 0) is 35.2 Å². The van der Waals surface area contributed by atoms with Crippen molar-refractivity contribution in [1.82, 2.24) is 19.7 Å². The van der Waals surface area contributed by atoms with Crippen LogP contribution in [0.4, 0.5) is 22.9 Å². The van der Waals surface area contributed by atoms with E-state index < -0.39 is 5.91 Å². The number of aliphatic hydroxyl groups excluding tert-OH is 1. The predicted molar refractivity (Wildman–Crippen MR) is 136 cm³/mol. The Labute approximate surface area is 210 Å². The van der Waals surface area contributed by atoms with E-state index in [1.807, 2.05) is 0 Å². The molecule has 0 bridgehead atoms. The lowest BCUT2D eigenvalue weighted by atomic mass is 10.0. The fraction of sp³-hybridized carbons (Fsp3) is 0.0385. The van der Waals surface area contributed by atoms with Crippen molar-refractivity contribution in [1.29, 1.82) is 0 Å². The molecule has 0 spiro atoms. The molecule has 5 rings (SSSR count). The number of aromatic hydroxyl groups is 1. The first-order chi connectivity index (χ1) is 18.1. The highest BCUT2D eigenvalue weighted by Crippen LogP contribution is 2.40. The van der Waals surface area contributed by atoms with E-state index in [4.69, 9.17) is 6.57 Å². The molecule has 3 N–H and O–H groups in total. The number of carbonyl (C=O) groups is 1. The van der Waals surface area contributed by atoms with E-state index in [0.717, 1.165) is 0 Å². The van der Waals surface area contributed by atoms with Crippen LogP contribution in [0.5, 0.6) is 5.75 Å². The Balaban J connectivity index is 1.59. The van der Waals surface area contributed by atoms with E-state index in [9.17, 15) is 15.0 Å². The standard InChI is InChI=1S/C26H18N8O3/c1-27-21-14-30-34(26-28-10-5-11-29-26)24(21)33-32-22-19-9-3-2-7-17(19)13-20(23(22)36)25(37)31-18-8-4-6-16(12-18)15-35/h2-14,35-36H,15H2,(H,31,37). The van der Waals surface area contributed by atoms with Crippen LogP contribution in [0.1, 0.15) is 15.9 Å². The van der Waals surface area contributed by atoms with Crippen LogP contribution in [0.3, 0.4) is 0 Å². The first kappa shape index (κ1) is 23.3. The second-order valence-electron chi connectivity index (χ2n) is 7.78. The Hall–Kier alpha value is -5.47. The van der Waals surface area contributed by atoms with Gasteiger partial charge in [0.25, 0.3) is 17.5 Å². The summed E-state index contributed by atoms with van der Waals surface area (Å²) in [6, 6.07) is 17.0. The summed E-state index contributed by atoms with van der Waals surface area (Å²) in [7, 11) is 0. The number of azo groups is 1. The van der Waals surface area contributed by atoms with Crippen LogP contribution in [0.2, 0.25) is 0 Å². The van der Waals surface area contributed by atoms with Crippen molar-refractivity contribution in [3.8, 4) is 11.7 Å². The summed E-state index contributed by atoms with van der Waals surface area (Å²) in [5.41, 5.74) is 1.22. The monoisotopic (exact) mass is 490 g/mol. The van der Waals surface area contributed by atoms with Gasteiger partial charge in [0.1, 0.15) is 5.69 Å². The number of fused-ring (bicyclic) bond motifs is 1. The molecular formula is C26H18N8O3. The van der Waals surface area contributed by atoms with Crippen LogP contribution in [-0.2, 0) is 6.61 Å². The minimum atomic E-state index is -0.570. The average Bonchev–Trinajstić information content (AvgIpc) is 3.35. The molecule has 0 aliphatic rings. The highest BCUT2D eigenvalue weighted by Gasteiger charge is 2.20. The average molecular weight is 490 g/mol. The van der Waals surface area contributed by atoms with Gasteiger partial charge in [-0.3, -0.25) is 4.79 Å². The molecule has 1 amide bonds. The quantitative estimate of drug-likeness (QED) is 0.220. The second kappa shape index (κ2) is 10.0. The fourth-order valence-corrected chi connectivity index (χ4v) is 3.69. The van der Waals surface area contributed by atoms with E-state index in [-0.39, 0.29) is 41.1 Å². The minimum absolute atomic E-state index is 0.0210. The molecule has 5 aromatic rings. The van der Waals surface area contributed by atoms with Gasteiger partial charge in [-0.1, -0.05) is 36.4 Å². The van der Waals surface area contributed by atoms with Gasteiger partial charge in [0, 0.05) is 23.5 Å². The van der Waals surface area contributed by atoms with Crippen molar-refractivity contribution in [2.24, 2.45) is 10.2 Å². The molecule has 0 saturated heterocycles. The van der Waals surface area contributed by atoms with Gasteiger partial charge in [0.15, 0.2) is 11.6 Å². The van der Waals surface area contributed by atoms with Crippen LogP contribution < -0.4 is 5.32 Å². The summed E-state index contributed by atoms with van der Waals surface area (Å²) in [4.78, 5) is 24.8. The number of nitrogens with one attached hydrogen (secondary N) is 1. The third-order valence-corrected chi connectivity index (χ3v) is 5.44. The Kier molecular flexibility index (Phi) is 6.31. The molecule has 0 aliphatic heterocycles. The summed E-state index contributed by atoms with van der Waals surface area (Å²) in [6.45, 7) is 7.28. The zero-order chi connectivity index (χ0) is 25.8. The van der Waals surface area contributed by atoms with Crippen LogP contribution >= 0.6 is 0 Å². The van der Waals surface area contributed by atoms with Crippen LogP contribution in [0.15, 0.2) is 89.5 Å². The zero-order valence-corrected chi connectivity index (χ0v) is 19.1. The van der Waals surface area contributed by atoms with Crippen molar-refractivity contribution in [2.75, 3.05) is 5.32 Å². The molecule has 0 saturated carbocycles. The van der Waals surface area contributed by atoms with Gasteiger partial charge in [-0.2, -0.15) is 9.78 Å². The number of hydrogen-bond acceptors (Lipinski definition) is 8. The Bertz CT molecular complexity index is 1690. The summed E-state index contributed by atoms with van der Waals surface area (Å²) < 4.78 is 1.26. The zero-order valence-electron chi connectivity index (χ0n) is 19.1. The van der Waals surface area contributed by atoms with Gasteiger partial charge in [-0.25, -0.2) is 14.8 Å². The lowest BCUT2D eigenvalue weighted by Gasteiger charge is -2.11. The van der Waals surface area contributed by atoms with Crippen LogP contribution in [0.25, 0.3) is 21.6 Å². The molecule has 0 unspecified atom stereocenters. The predicted octanol–water partition coefficient (Wildman–Crippen LogP) is 5.23. The largest absolute Gasteiger partial charge is 0.505 e. The van der Waals surface area contributed by atoms with Crippen molar-refractivity contribution in [3.63, 3.8) is 0 Å². The number of rotatable bonds is 6. The van der Waals surface area contributed by atoms with E-state index in [1.165, 1.54) is 23.3 Å². The molecule has 2 aromatic heterocycles. The summed E-state index contributed by atoms with van der Waals surface area (Å²) in [5, 5.41) is 37.0. The summed E-state index contributed by atoms with van der Waals surface area (Å²) >= 11 is 0. The van der Waals surface area contributed by atoms with Crippen molar-refractivity contribution < 1.29 is 15.0 Å². The maximum atomic E-state index is 13.1. The van der Waals surface area contributed by atoms with Gasteiger partial charge >= 0.3 is 0 Å². The number of anilines is 1. The number of phenols is 1. The number of aliphatic hydroxyl groups is 1. The lowest BCUT2D eigenvalue weighted by molar-refractivity contribution is 0.102. The normalized spacial score (nSPS) is 11.0. The smallest absolute Gasteiger partial charge is 0.259 e. The van der Waals surface area contributed by atoms with Gasteiger partial charge < -0.3 is 15.5 Å². The number of aromatic nitrogens is 4. The lowest BCUT2D eigenvalue weighted by Crippen LogP contribution is -2.12. The van der Waals surface area contributed by atoms with E-state index >= 15 is 0 Å². The molecule has 0 aliphatic carbocycles. The maximum Gasteiger partial charge on any atom is 0.259 e. The van der Waals surface area contributed by atoms with Crippen LogP contribution in [-0.4, -0.2) is 35.9 Å². The summed E-state index contributed by atoms with van der Waals surface area (Å²) in [6.07, 6.45) is 4.38. The van der Waals surface area contributed by atoms with Crippen molar-refractivity contribution >= 4 is 39.6 Å². The third kappa shape index (κ3) is 4.60. The molecule has 11 heteroatoms. The van der Waals surface area contributed by atoms with Crippen molar-refractivity contribution in [3.05, 3.63) is 102 Å². The molecule has 3 aromatic carbocycles. The van der Waals surface area contributed by atoms with E-state index in [0.29, 0.717) is 22.0 Å². The topological polar surface area (TPSA) is 142 Å². The fourth-order valence-electron chi connectivity index (χ4n) is 3.69. The van der Waals surface area contributed by atoms with E-state index in [1.54, 1.807) is 60.7 Å².